The van der Waals surface area contributed by atoms with Gasteiger partial charge in [0.1, 0.15) is 13.2 Å². The molecule has 1 aliphatic heterocycles. The van der Waals surface area contributed by atoms with Crippen LogP contribution in [0.15, 0.2) is 29.4 Å². The SMILES string of the molecule is CC1(C)CON=C1OCc1ccccc1Cl. The molecule has 0 aliphatic carbocycles. The van der Waals surface area contributed by atoms with E-state index in [9.17, 15) is 0 Å². The average Bonchev–Trinajstić information content (AvgIpc) is 2.57. The molecule has 0 unspecified atom stereocenters. The fourth-order valence-corrected chi connectivity index (χ4v) is 1.61. The molecule has 16 heavy (non-hydrogen) atoms. The number of oxime groups is 1. The van der Waals surface area contributed by atoms with Crippen molar-refractivity contribution in [2.75, 3.05) is 6.61 Å². The van der Waals surface area contributed by atoms with Crippen molar-refractivity contribution in [1.82, 2.24) is 0 Å². The van der Waals surface area contributed by atoms with Gasteiger partial charge in [-0.25, -0.2) is 0 Å². The van der Waals surface area contributed by atoms with Crippen LogP contribution in [0.5, 0.6) is 0 Å². The molecule has 0 amide bonds. The Morgan fingerprint density at radius 2 is 2.19 bits per heavy atom. The normalized spacial score (nSPS) is 17.8. The van der Waals surface area contributed by atoms with Crippen molar-refractivity contribution in [3.05, 3.63) is 34.9 Å². The Morgan fingerprint density at radius 3 is 2.81 bits per heavy atom. The molecule has 1 aromatic carbocycles. The van der Waals surface area contributed by atoms with Gasteiger partial charge in [-0.05, 0) is 19.9 Å². The van der Waals surface area contributed by atoms with Gasteiger partial charge in [-0.2, -0.15) is 0 Å². The summed E-state index contributed by atoms with van der Waals surface area (Å²) in [4.78, 5) is 5.02. The molecular weight excluding hydrogens is 226 g/mol. The van der Waals surface area contributed by atoms with Gasteiger partial charge in [0.25, 0.3) is 0 Å². The minimum atomic E-state index is -0.152. The fourth-order valence-electron chi connectivity index (χ4n) is 1.42. The summed E-state index contributed by atoms with van der Waals surface area (Å²) in [5.74, 6) is 0.632. The number of hydrogen-bond acceptors (Lipinski definition) is 3. The average molecular weight is 240 g/mol. The van der Waals surface area contributed by atoms with E-state index in [4.69, 9.17) is 21.2 Å². The highest BCUT2D eigenvalue weighted by molar-refractivity contribution is 6.31. The van der Waals surface area contributed by atoms with Crippen LogP contribution in [0.2, 0.25) is 5.02 Å². The first-order valence-corrected chi connectivity index (χ1v) is 5.54. The van der Waals surface area contributed by atoms with Crippen LogP contribution in [0.25, 0.3) is 0 Å². The molecule has 1 aliphatic rings. The molecule has 0 N–H and O–H groups in total. The molecule has 4 heteroatoms. The lowest BCUT2D eigenvalue weighted by Gasteiger charge is -2.17. The molecular formula is C12H14ClNO2. The Labute approximate surface area is 100.0 Å². The quantitative estimate of drug-likeness (QED) is 0.793. The molecule has 86 valence electrons. The van der Waals surface area contributed by atoms with Crippen LogP contribution in [0.3, 0.4) is 0 Å². The van der Waals surface area contributed by atoms with E-state index in [1.807, 2.05) is 38.1 Å². The van der Waals surface area contributed by atoms with E-state index in [0.29, 0.717) is 24.1 Å². The smallest absolute Gasteiger partial charge is 0.235 e. The van der Waals surface area contributed by atoms with E-state index in [0.717, 1.165) is 5.56 Å². The lowest BCUT2D eigenvalue weighted by molar-refractivity contribution is 0.132. The Balaban J connectivity index is 2.01. The van der Waals surface area contributed by atoms with Crippen molar-refractivity contribution in [2.45, 2.75) is 20.5 Å². The molecule has 0 spiro atoms. The van der Waals surface area contributed by atoms with Crippen molar-refractivity contribution in [2.24, 2.45) is 10.6 Å². The zero-order chi connectivity index (χ0) is 11.6. The largest absolute Gasteiger partial charge is 0.473 e. The predicted molar refractivity (Wildman–Crippen MR) is 63.4 cm³/mol. The molecule has 0 aromatic heterocycles. The van der Waals surface area contributed by atoms with Gasteiger partial charge in [0.2, 0.25) is 5.90 Å². The highest BCUT2D eigenvalue weighted by atomic mass is 35.5. The zero-order valence-corrected chi connectivity index (χ0v) is 10.1. The Kier molecular flexibility index (Phi) is 3.06. The summed E-state index contributed by atoms with van der Waals surface area (Å²) in [5.41, 5.74) is 0.802. The third kappa shape index (κ3) is 2.30. The standard InChI is InChI=1S/C12H14ClNO2/c1-12(2)8-16-14-11(12)15-7-9-5-3-4-6-10(9)13/h3-6H,7-8H2,1-2H3. The van der Waals surface area contributed by atoms with Crippen LogP contribution in [0, 0.1) is 5.41 Å². The van der Waals surface area contributed by atoms with Gasteiger partial charge in [-0.1, -0.05) is 35.0 Å². The number of hydrogen-bond donors (Lipinski definition) is 0. The van der Waals surface area contributed by atoms with Gasteiger partial charge in [0.05, 0.1) is 5.41 Å². The van der Waals surface area contributed by atoms with Gasteiger partial charge in [-0.3, -0.25) is 0 Å². The van der Waals surface area contributed by atoms with Crippen molar-refractivity contribution in [1.29, 1.82) is 0 Å². The molecule has 0 saturated carbocycles. The summed E-state index contributed by atoms with van der Waals surface area (Å²) < 4.78 is 5.63. The van der Waals surface area contributed by atoms with Crippen LogP contribution < -0.4 is 0 Å². The van der Waals surface area contributed by atoms with Gasteiger partial charge >= 0.3 is 0 Å². The first kappa shape index (κ1) is 11.3. The second kappa shape index (κ2) is 4.34. The van der Waals surface area contributed by atoms with Gasteiger partial charge in [-0.15, -0.1) is 0 Å². The summed E-state index contributed by atoms with van der Waals surface area (Å²) >= 11 is 6.03. The van der Waals surface area contributed by atoms with Gasteiger partial charge in [0.15, 0.2) is 0 Å². The maximum atomic E-state index is 6.03. The van der Waals surface area contributed by atoms with E-state index < -0.39 is 0 Å². The van der Waals surface area contributed by atoms with Crippen LogP contribution in [-0.4, -0.2) is 12.5 Å². The monoisotopic (exact) mass is 239 g/mol. The third-order valence-electron chi connectivity index (χ3n) is 2.47. The number of nitrogens with zero attached hydrogens (tertiary/aromatic N) is 1. The minimum absolute atomic E-state index is 0.152. The minimum Gasteiger partial charge on any atom is -0.473 e. The second-order valence-electron chi connectivity index (χ2n) is 4.43. The van der Waals surface area contributed by atoms with Crippen molar-refractivity contribution < 1.29 is 9.57 Å². The van der Waals surface area contributed by atoms with Crippen molar-refractivity contribution >= 4 is 17.5 Å². The molecule has 3 nitrogen and oxygen atoms in total. The molecule has 0 fully saturated rings. The molecule has 1 aromatic rings. The summed E-state index contributed by atoms with van der Waals surface area (Å²) in [6, 6.07) is 7.61. The number of benzene rings is 1. The molecule has 0 radical (unpaired) electrons. The van der Waals surface area contributed by atoms with Gasteiger partial charge in [0, 0.05) is 10.6 Å². The number of halogens is 1. The summed E-state index contributed by atoms with van der Waals surface area (Å²) in [7, 11) is 0. The Bertz CT molecular complexity index is 415. The van der Waals surface area contributed by atoms with Crippen molar-refractivity contribution in [3.63, 3.8) is 0 Å². The lowest BCUT2D eigenvalue weighted by Crippen LogP contribution is -2.25. The van der Waals surface area contributed by atoms with Crippen LogP contribution in [0.4, 0.5) is 0 Å². The number of ether oxygens (including phenoxy) is 1. The first-order chi connectivity index (χ1) is 7.59. The summed E-state index contributed by atoms with van der Waals surface area (Å²) in [6.45, 7) is 5.05. The van der Waals surface area contributed by atoms with Crippen LogP contribution >= 0.6 is 11.6 Å². The Morgan fingerprint density at radius 1 is 1.44 bits per heavy atom. The molecule has 0 atom stereocenters. The first-order valence-electron chi connectivity index (χ1n) is 5.16. The summed E-state index contributed by atoms with van der Waals surface area (Å²) in [5, 5.41) is 4.59. The Hall–Kier alpha value is -1.22. The highest BCUT2D eigenvalue weighted by Gasteiger charge is 2.33. The third-order valence-corrected chi connectivity index (χ3v) is 2.84. The van der Waals surface area contributed by atoms with Crippen molar-refractivity contribution in [3.8, 4) is 0 Å². The summed E-state index contributed by atoms with van der Waals surface area (Å²) in [6.07, 6.45) is 0. The maximum absolute atomic E-state index is 6.03. The second-order valence-corrected chi connectivity index (χ2v) is 4.84. The lowest BCUT2D eigenvalue weighted by atomic mass is 9.95. The maximum Gasteiger partial charge on any atom is 0.235 e. The van der Waals surface area contributed by atoms with E-state index >= 15 is 0 Å². The molecule has 0 bridgehead atoms. The van der Waals surface area contributed by atoms with Gasteiger partial charge < -0.3 is 9.57 Å². The van der Waals surface area contributed by atoms with E-state index in [2.05, 4.69) is 5.16 Å². The molecule has 2 rings (SSSR count). The zero-order valence-electron chi connectivity index (χ0n) is 9.37. The van der Waals surface area contributed by atoms with E-state index in [-0.39, 0.29) is 5.41 Å². The van der Waals surface area contributed by atoms with E-state index in [1.54, 1.807) is 0 Å². The van der Waals surface area contributed by atoms with Crippen LogP contribution in [0.1, 0.15) is 19.4 Å². The highest BCUT2D eigenvalue weighted by Crippen LogP contribution is 2.26. The predicted octanol–water partition coefficient (Wildman–Crippen LogP) is 3.23. The molecule has 0 saturated heterocycles. The topological polar surface area (TPSA) is 30.8 Å². The van der Waals surface area contributed by atoms with Crippen LogP contribution in [-0.2, 0) is 16.2 Å². The molecule has 1 heterocycles. The fraction of sp³-hybridized carbons (Fsp3) is 0.417. The number of rotatable bonds is 2. The van der Waals surface area contributed by atoms with E-state index in [1.165, 1.54) is 0 Å².